The Morgan fingerprint density at radius 2 is 1.94 bits per heavy atom. The Morgan fingerprint density at radius 1 is 1.12 bits per heavy atom. The zero-order chi connectivity index (χ0) is 29.3. The topological polar surface area (TPSA) is 92.1 Å². The number of halogens is 2. The van der Waals surface area contributed by atoms with E-state index in [0.717, 1.165) is 18.2 Å². The lowest BCUT2D eigenvalue weighted by Gasteiger charge is -2.36. The van der Waals surface area contributed by atoms with Crippen molar-refractivity contribution in [3.63, 3.8) is 0 Å². The number of anilines is 3. The van der Waals surface area contributed by atoms with Gasteiger partial charge in [-0.2, -0.15) is 9.67 Å². The summed E-state index contributed by atoms with van der Waals surface area (Å²) in [7, 11) is 0. The summed E-state index contributed by atoms with van der Waals surface area (Å²) in [6.07, 6.45) is 3.08. The summed E-state index contributed by atoms with van der Waals surface area (Å²) in [4.78, 5) is 25.0. The minimum atomic E-state index is -3.41. The number of nitrogens with zero attached hydrogens (tertiary/aromatic N) is 7. The Hall–Kier alpha value is -3.63. The molecule has 166 valence electrons. The highest BCUT2D eigenvalue weighted by atomic mass is 19.3. The average molecular weight is 449 g/mol. The number of aromatic nitrogens is 5. The van der Waals surface area contributed by atoms with Crippen LogP contribution in [0.1, 0.15) is 35.8 Å². The molecule has 0 radical (unpaired) electrons. The molecule has 2 aliphatic rings. The number of hydrogen-bond donors (Lipinski definition) is 1. The highest BCUT2D eigenvalue weighted by Gasteiger charge is 2.34. The van der Waals surface area contributed by atoms with Gasteiger partial charge in [0.1, 0.15) is 6.33 Å². The first-order valence-electron chi connectivity index (χ1n) is 13.6. The van der Waals surface area contributed by atoms with Crippen molar-refractivity contribution in [1.82, 2.24) is 29.6 Å². The molecule has 0 unspecified atom stereocenters. The van der Waals surface area contributed by atoms with E-state index in [1.807, 2.05) is 0 Å². The first kappa shape index (κ1) is 13.0. The third-order valence-corrected chi connectivity index (χ3v) is 4.68. The summed E-state index contributed by atoms with van der Waals surface area (Å²) in [6, 6.07) is 2.76. The molecule has 1 N–H and O–H groups in total. The van der Waals surface area contributed by atoms with Crippen molar-refractivity contribution >= 4 is 23.2 Å². The Morgan fingerprint density at radius 3 is 2.62 bits per heavy atom. The fourth-order valence-corrected chi connectivity index (χ4v) is 2.94. The van der Waals surface area contributed by atoms with E-state index in [-0.39, 0.29) is 21.4 Å². The van der Waals surface area contributed by atoms with E-state index in [9.17, 15) is 13.6 Å². The molecule has 5 rings (SSSR count). The molecule has 2 aromatic heterocycles. The van der Waals surface area contributed by atoms with Crippen molar-refractivity contribution in [3.05, 3.63) is 48.7 Å². The van der Waals surface area contributed by atoms with E-state index in [0.29, 0.717) is 18.7 Å². The molecule has 2 fully saturated rings. The SMILES string of the molecule is [2H]C1([2H])N(C(=O)C2CC2)C([2H])([2H])C([2H])([2H])N(c2cc(Nc3ncn(-c4cnccn4)n3)cc(C(F)F)c2)C1([2H])[2H]. The van der Waals surface area contributed by atoms with Crippen LogP contribution in [0.5, 0.6) is 0 Å². The van der Waals surface area contributed by atoms with Crippen molar-refractivity contribution < 1.29 is 24.5 Å². The number of alkyl halides is 2. The van der Waals surface area contributed by atoms with Gasteiger partial charge in [-0.15, -0.1) is 5.10 Å². The van der Waals surface area contributed by atoms with Crippen LogP contribution in [0.2, 0.25) is 0 Å². The molecule has 0 bridgehead atoms. The summed E-state index contributed by atoms with van der Waals surface area (Å²) < 4.78 is 97.2. The van der Waals surface area contributed by atoms with E-state index >= 15 is 0 Å². The molecule has 0 spiro atoms. The smallest absolute Gasteiger partial charge is 0.263 e. The number of amides is 1. The number of rotatable bonds is 6. The van der Waals surface area contributed by atoms with Gasteiger partial charge in [0, 0.05) is 61.2 Å². The van der Waals surface area contributed by atoms with Gasteiger partial charge in [-0.3, -0.25) is 9.78 Å². The normalized spacial score (nSPS) is 26.5. The van der Waals surface area contributed by atoms with Crippen LogP contribution >= 0.6 is 0 Å². The minimum absolute atomic E-state index is 0.0205. The zero-order valence-corrected chi connectivity index (χ0v) is 16.4. The fourth-order valence-electron chi connectivity index (χ4n) is 2.94. The number of benzene rings is 1. The van der Waals surface area contributed by atoms with Crippen LogP contribution in [0.25, 0.3) is 5.82 Å². The molecule has 1 aromatic carbocycles. The van der Waals surface area contributed by atoms with Crippen molar-refractivity contribution in [2.75, 3.05) is 36.2 Å². The van der Waals surface area contributed by atoms with Gasteiger partial charge in [-0.1, -0.05) is 0 Å². The molecule has 32 heavy (non-hydrogen) atoms. The average Bonchev–Trinajstić information content (AvgIpc) is 3.62. The van der Waals surface area contributed by atoms with Crippen molar-refractivity contribution in [2.45, 2.75) is 19.3 Å². The van der Waals surface area contributed by atoms with Crippen molar-refractivity contribution in [2.24, 2.45) is 5.92 Å². The van der Waals surface area contributed by atoms with Gasteiger partial charge in [0.2, 0.25) is 11.9 Å². The number of carbonyl (C=O) groups is 1. The summed E-state index contributed by atoms with van der Waals surface area (Å²) in [5.74, 6) is -1.61. The molecule has 1 aliphatic carbocycles. The third-order valence-electron chi connectivity index (χ3n) is 4.68. The van der Waals surface area contributed by atoms with Crippen LogP contribution in [0.3, 0.4) is 0 Å². The molecule has 11 heteroatoms. The maximum atomic E-state index is 13.9. The highest BCUT2D eigenvalue weighted by molar-refractivity contribution is 5.81. The molecule has 3 aromatic rings. The second kappa shape index (κ2) is 8.48. The summed E-state index contributed by atoms with van der Waals surface area (Å²) in [5, 5.41) is 6.79. The second-order valence-corrected chi connectivity index (χ2v) is 7.05. The Kier molecular flexibility index (Phi) is 3.46. The number of nitrogens with one attached hydrogen (secondary N) is 1. The van der Waals surface area contributed by atoms with E-state index in [4.69, 9.17) is 11.0 Å². The highest BCUT2D eigenvalue weighted by Crippen LogP contribution is 2.33. The molecule has 3 heterocycles. The maximum Gasteiger partial charge on any atom is 0.263 e. The molecule has 1 aliphatic heterocycles. The fraction of sp³-hybridized carbons (Fsp3) is 0.381. The molecular formula is C21H22F2N8O. The molecule has 0 atom stereocenters. The predicted molar refractivity (Wildman–Crippen MR) is 113 cm³/mol. The largest absolute Gasteiger partial charge is 0.368 e. The van der Waals surface area contributed by atoms with Gasteiger partial charge in [-0.25, -0.2) is 13.8 Å². The molecule has 1 saturated heterocycles. The Balaban J connectivity index is 1.58. The van der Waals surface area contributed by atoms with E-state index in [1.165, 1.54) is 29.6 Å². The van der Waals surface area contributed by atoms with Crippen LogP contribution in [-0.2, 0) is 4.79 Å². The monoisotopic (exact) mass is 448 g/mol. The Labute approximate surface area is 194 Å². The lowest BCUT2D eigenvalue weighted by Crippen LogP contribution is -2.49. The summed E-state index contributed by atoms with van der Waals surface area (Å²) in [6.45, 7) is -13.6. The van der Waals surface area contributed by atoms with Gasteiger partial charge in [0.05, 0.1) is 17.2 Å². The molecule has 9 nitrogen and oxygen atoms in total. The third kappa shape index (κ3) is 4.36. The van der Waals surface area contributed by atoms with Crippen molar-refractivity contribution in [1.29, 1.82) is 0 Å². The summed E-state index contributed by atoms with van der Waals surface area (Å²) >= 11 is 0. The van der Waals surface area contributed by atoms with Crippen LogP contribution in [0, 0.1) is 5.92 Å². The van der Waals surface area contributed by atoms with Crippen molar-refractivity contribution in [3.8, 4) is 5.82 Å². The Bertz CT molecular complexity index is 1410. The van der Waals surface area contributed by atoms with E-state index in [1.54, 1.807) is 0 Å². The lowest BCUT2D eigenvalue weighted by atomic mass is 10.1. The molecule has 1 amide bonds. The van der Waals surface area contributed by atoms with Gasteiger partial charge in [0.25, 0.3) is 6.43 Å². The second-order valence-electron chi connectivity index (χ2n) is 7.05. The van der Waals surface area contributed by atoms with Gasteiger partial charge >= 0.3 is 0 Å². The van der Waals surface area contributed by atoms with Gasteiger partial charge < -0.3 is 15.1 Å². The quantitative estimate of drug-likeness (QED) is 0.620. The van der Waals surface area contributed by atoms with Crippen LogP contribution in [-0.4, -0.2) is 61.5 Å². The lowest BCUT2D eigenvalue weighted by molar-refractivity contribution is -0.132. The summed E-state index contributed by atoms with van der Waals surface area (Å²) in [5.41, 5.74) is -1.44. The molecular weight excluding hydrogens is 418 g/mol. The first-order chi connectivity index (χ1) is 18.6. The first-order valence-corrected chi connectivity index (χ1v) is 9.62. The minimum Gasteiger partial charge on any atom is -0.368 e. The van der Waals surface area contributed by atoms with E-state index in [2.05, 4.69) is 25.4 Å². The number of carbonyl (C=O) groups excluding carboxylic acids is 1. The number of hydrogen-bond acceptors (Lipinski definition) is 7. The van der Waals surface area contributed by atoms with Gasteiger partial charge in [-0.05, 0) is 31.0 Å². The van der Waals surface area contributed by atoms with E-state index < -0.39 is 55.5 Å². The predicted octanol–water partition coefficient (Wildman–Crippen LogP) is 2.80. The number of piperazine rings is 1. The molecule has 1 saturated carbocycles. The zero-order valence-electron chi connectivity index (χ0n) is 24.4. The van der Waals surface area contributed by atoms with Gasteiger partial charge in [0.15, 0.2) is 5.82 Å². The van der Waals surface area contributed by atoms with Crippen LogP contribution in [0.4, 0.5) is 26.1 Å². The van der Waals surface area contributed by atoms with Crippen LogP contribution in [0.15, 0.2) is 43.1 Å². The van der Waals surface area contributed by atoms with Crippen LogP contribution < -0.4 is 10.2 Å². The standard InChI is InChI=1S/C21H22F2N8O/c22-19(23)15-9-16(27-21-26-13-31(28-21)18-12-24-3-4-25-18)11-17(10-15)29-5-7-30(8-6-29)20(32)14-1-2-14/h3-4,9-14,19H,1-2,5-8H2,(H,27,28)/i5D2,6D2,7D2,8D2. The maximum absolute atomic E-state index is 13.9.